The summed E-state index contributed by atoms with van der Waals surface area (Å²) in [5, 5.41) is 30.6. The second-order valence-corrected chi connectivity index (χ2v) is 9.29. The highest BCUT2D eigenvalue weighted by atomic mass is 16.6. The van der Waals surface area contributed by atoms with Gasteiger partial charge >= 0.3 is 6.09 Å². The number of nitrogens with two attached hydrogens (primary N) is 2. The van der Waals surface area contributed by atoms with Crippen molar-refractivity contribution in [1.82, 2.24) is 4.90 Å². The maximum Gasteiger partial charge on any atom is 0.410 e. The van der Waals surface area contributed by atoms with Gasteiger partial charge < -0.3 is 30.6 Å². The lowest BCUT2D eigenvalue weighted by Gasteiger charge is -2.45. The van der Waals surface area contributed by atoms with Crippen molar-refractivity contribution in [2.45, 2.75) is 12.5 Å². The fourth-order valence-electron chi connectivity index (χ4n) is 5.16. The van der Waals surface area contributed by atoms with E-state index in [1.807, 2.05) is 30.3 Å². The van der Waals surface area contributed by atoms with Crippen molar-refractivity contribution in [3.05, 3.63) is 82.6 Å². The number of nitrogens with zero attached hydrogens (tertiary/aromatic N) is 4. The molecule has 40 heavy (non-hydrogen) atoms. The van der Waals surface area contributed by atoms with Crippen molar-refractivity contribution >= 4 is 12.0 Å². The van der Waals surface area contributed by atoms with Crippen molar-refractivity contribution in [2.75, 3.05) is 26.8 Å². The van der Waals surface area contributed by atoms with E-state index in [1.54, 1.807) is 18.2 Å². The van der Waals surface area contributed by atoms with Gasteiger partial charge in [-0.1, -0.05) is 42.5 Å². The van der Waals surface area contributed by atoms with Crippen molar-refractivity contribution in [3.8, 4) is 29.7 Å². The molecule has 1 aliphatic carbocycles. The first-order valence-electron chi connectivity index (χ1n) is 12.3. The minimum absolute atomic E-state index is 0.0510. The normalized spacial score (nSPS) is 19.1. The predicted molar refractivity (Wildman–Crippen MR) is 141 cm³/mol. The van der Waals surface area contributed by atoms with Crippen LogP contribution in [0.1, 0.15) is 17.0 Å². The molecule has 2 amide bonds. The maximum absolute atomic E-state index is 13.0. The molecule has 0 bridgehead atoms. The molecular weight excluding hydrogens is 512 g/mol. The quantitative estimate of drug-likeness (QED) is 0.534. The first kappa shape index (κ1) is 27.6. The van der Waals surface area contributed by atoms with Gasteiger partial charge in [-0.15, -0.1) is 0 Å². The highest BCUT2D eigenvalue weighted by Gasteiger charge is 2.55. The van der Waals surface area contributed by atoms with Crippen molar-refractivity contribution in [2.24, 2.45) is 22.8 Å². The number of rotatable bonds is 7. The molecule has 11 heteroatoms. The van der Waals surface area contributed by atoms with Crippen LogP contribution in [-0.2, 0) is 16.1 Å². The highest BCUT2D eigenvalue weighted by molar-refractivity contribution is 5.75. The number of methoxy groups -OCH3 is 1. The summed E-state index contributed by atoms with van der Waals surface area (Å²) < 4.78 is 16.4. The second-order valence-electron chi connectivity index (χ2n) is 9.29. The molecule has 0 fully saturated rings. The Bertz CT molecular complexity index is 1500. The average molecular weight is 539 g/mol. The van der Waals surface area contributed by atoms with Crippen LogP contribution < -0.4 is 20.9 Å². The minimum Gasteiger partial charge on any atom is -0.493 e. The Labute approximate surface area is 231 Å². The zero-order valence-corrected chi connectivity index (χ0v) is 21.7. The molecule has 4 N–H and O–H groups in total. The Hall–Kier alpha value is -5.47. The summed E-state index contributed by atoms with van der Waals surface area (Å²) in [6.45, 7) is -0.0897. The fraction of sp³-hybridized carbons (Fsp3) is 0.276. The molecule has 202 valence electrons. The van der Waals surface area contributed by atoms with Gasteiger partial charge in [0.25, 0.3) is 5.91 Å². The summed E-state index contributed by atoms with van der Waals surface area (Å²) in [6, 6.07) is 20.1. The van der Waals surface area contributed by atoms with Crippen LogP contribution in [0.15, 0.2) is 71.5 Å². The molecule has 1 aliphatic heterocycles. The summed E-state index contributed by atoms with van der Waals surface area (Å²) in [5.74, 6) is -1.76. The number of carbonyl (C=O) groups is 2. The van der Waals surface area contributed by atoms with E-state index >= 15 is 0 Å². The zero-order valence-electron chi connectivity index (χ0n) is 21.7. The monoisotopic (exact) mass is 538 g/mol. The molecule has 1 heterocycles. The lowest BCUT2D eigenvalue weighted by molar-refractivity contribution is -0.119. The van der Waals surface area contributed by atoms with Crippen LogP contribution >= 0.6 is 0 Å². The second kappa shape index (κ2) is 11.5. The van der Waals surface area contributed by atoms with E-state index in [1.165, 1.54) is 18.1 Å². The van der Waals surface area contributed by atoms with E-state index in [0.29, 0.717) is 11.1 Å². The first-order chi connectivity index (χ1) is 19.3. The number of hydrogen-bond donors (Lipinski definition) is 2. The van der Waals surface area contributed by atoms with Gasteiger partial charge in [0.05, 0.1) is 30.5 Å². The molecule has 2 aromatic carbocycles. The van der Waals surface area contributed by atoms with Gasteiger partial charge in [0, 0.05) is 24.9 Å². The number of benzene rings is 2. The van der Waals surface area contributed by atoms with Gasteiger partial charge in [0.2, 0.25) is 0 Å². The zero-order chi connectivity index (χ0) is 28.9. The van der Waals surface area contributed by atoms with E-state index < -0.39 is 29.3 Å². The van der Waals surface area contributed by atoms with Crippen molar-refractivity contribution in [1.29, 1.82) is 15.8 Å². The molecule has 0 saturated heterocycles. The van der Waals surface area contributed by atoms with Gasteiger partial charge in [0.1, 0.15) is 12.7 Å². The summed E-state index contributed by atoms with van der Waals surface area (Å²) in [7, 11) is 1.40. The van der Waals surface area contributed by atoms with Gasteiger partial charge in [-0.25, -0.2) is 4.79 Å². The van der Waals surface area contributed by atoms with Crippen LogP contribution in [0.25, 0.3) is 0 Å². The fourth-order valence-corrected chi connectivity index (χ4v) is 5.16. The topological polar surface area (TPSA) is 188 Å². The number of allylic oxidation sites excluding steroid dienone is 2. The van der Waals surface area contributed by atoms with E-state index in [-0.39, 0.29) is 49.1 Å². The third-order valence-corrected chi connectivity index (χ3v) is 7.04. The summed E-state index contributed by atoms with van der Waals surface area (Å²) in [4.78, 5) is 25.7. The van der Waals surface area contributed by atoms with Gasteiger partial charge in [0.15, 0.2) is 23.5 Å². The van der Waals surface area contributed by atoms with E-state index in [2.05, 4.69) is 18.2 Å². The molecule has 2 atom stereocenters. The number of nitriles is 3. The van der Waals surface area contributed by atoms with Crippen LogP contribution in [0.4, 0.5) is 4.79 Å². The van der Waals surface area contributed by atoms with Gasteiger partial charge in [-0.2, -0.15) is 15.8 Å². The highest BCUT2D eigenvalue weighted by Crippen LogP contribution is 2.54. The molecule has 4 rings (SSSR count). The largest absolute Gasteiger partial charge is 0.493 e. The third kappa shape index (κ3) is 4.99. The standard InChI is InChI=1S/C29H26N6O5/c1-38-24-11-19(7-8-23(24)39-15-25(33)36)26-22-13-35(28(37)40-14-18-5-3-2-4-6-18)10-9-20(22)21(12-30)27(34)29(26,16-31)17-32/h2-9,11,22,26H,10,13-15,34H2,1H3,(H2,33,36)/t22-,26-/m1/s1. The van der Waals surface area contributed by atoms with Crippen LogP contribution in [0, 0.1) is 45.3 Å². The molecule has 2 aliphatic rings. The molecule has 0 unspecified atom stereocenters. The molecule has 0 radical (unpaired) electrons. The molecular formula is C29H26N6O5. The molecule has 0 aromatic heterocycles. The van der Waals surface area contributed by atoms with Crippen LogP contribution in [0.2, 0.25) is 0 Å². The Balaban J connectivity index is 1.75. The minimum atomic E-state index is -1.93. The molecule has 11 nitrogen and oxygen atoms in total. The number of hydrogen-bond acceptors (Lipinski definition) is 9. The smallest absolute Gasteiger partial charge is 0.410 e. The third-order valence-electron chi connectivity index (χ3n) is 7.04. The number of ether oxygens (including phenoxy) is 3. The Morgan fingerprint density at radius 1 is 1.10 bits per heavy atom. The van der Waals surface area contributed by atoms with E-state index in [4.69, 9.17) is 25.7 Å². The number of carbonyl (C=O) groups excluding carboxylic acids is 2. The van der Waals surface area contributed by atoms with Crippen LogP contribution in [0.3, 0.4) is 0 Å². The summed E-state index contributed by atoms with van der Waals surface area (Å²) >= 11 is 0. The number of fused-ring (bicyclic) bond motifs is 1. The van der Waals surface area contributed by atoms with E-state index in [0.717, 1.165) is 5.56 Å². The van der Waals surface area contributed by atoms with Gasteiger partial charge in [-0.05, 0) is 28.8 Å². The Morgan fingerprint density at radius 3 is 2.45 bits per heavy atom. The van der Waals surface area contributed by atoms with Crippen molar-refractivity contribution < 1.29 is 23.8 Å². The summed E-state index contributed by atoms with van der Waals surface area (Å²) in [6.07, 6.45) is 1.13. The lowest BCUT2D eigenvalue weighted by Crippen LogP contribution is -2.49. The number of primary amides is 1. The number of amides is 2. The Kier molecular flexibility index (Phi) is 7.93. The first-order valence-corrected chi connectivity index (χ1v) is 12.3. The van der Waals surface area contributed by atoms with Crippen LogP contribution in [-0.4, -0.2) is 43.7 Å². The SMILES string of the molecule is COc1cc([C@@H]2[C@@H]3CN(C(=O)OCc4ccccc4)CC=C3C(C#N)=C(N)C2(C#N)C#N)ccc1OCC(N)=O. The van der Waals surface area contributed by atoms with Gasteiger partial charge in [-0.3, -0.25) is 4.79 Å². The maximum atomic E-state index is 13.0. The molecule has 0 saturated carbocycles. The van der Waals surface area contributed by atoms with Crippen molar-refractivity contribution in [3.63, 3.8) is 0 Å². The van der Waals surface area contributed by atoms with E-state index in [9.17, 15) is 25.4 Å². The van der Waals surface area contributed by atoms with Crippen LogP contribution in [0.5, 0.6) is 11.5 Å². The average Bonchev–Trinajstić information content (AvgIpc) is 2.98. The summed E-state index contributed by atoms with van der Waals surface area (Å²) in [5.41, 5.74) is 11.4. The Morgan fingerprint density at radius 2 is 1.82 bits per heavy atom. The lowest BCUT2D eigenvalue weighted by atomic mass is 9.58. The molecule has 0 spiro atoms. The molecule has 2 aromatic rings. The predicted octanol–water partition coefficient (Wildman–Crippen LogP) is 2.62.